The minimum Gasteiger partial charge on any atom is -0.324 e. The van der Waals surface area contributed by atoms with Gasteiger partial charge in [0.1, 0.15) is 0 Å². The fourth-order valence-electron chi connectivity index (χ4n) is 3.27. The number of aryl methyl sites for hydroxylation is 3. The summed E-state index contributed by atoms with van der Waals surface area (Å²) >= 11 is 0. The van der Waals surface area contributed by atoms with Gasteiger partial charge in [-0.15, -0.1) is 0 Å². The van der Waals surface area contributed by atoms with Crippen LogP contribution < -0.4 is 5.73 Å². The molecule has 1 saturated carbocycles. The quantitative estimate of drug-likeness (QED) is 0.801. The molecule has 1 nitrogen and oxygen atoms in total. The van der Waals surface area contributed by atoms with Crippen molar-refractivity contribution in [1.82, 2.24) is 0 Å². The minimum atomic E-state index is 0.253. The van der Waals surface area contributed by atoms with Crippen LogP contribution in [0.15, 0.2) is 12.1 Å². The van der Waals surface area contributed by atoms with Gasteiger partial charge in [-0.1, -0.05) is 30.5 Å². The van der Waals surface area contributed by atoms with Crippen molar-refractivity contribution in [2.45, 2.75) is 52.5 Å². The highest BCUT2D eigenvalue weighted by Gasteiger charge is 2.25. The van der Waals surface area contributed by atoms with E-state index in [-0.39, 0.29) is 6.04 Å². The summed E-state index contributed by atoms with van der Waals surface area (Å²) in [6.07, 6.45) is 5.35. The van der Waals surface area contributed by atoms with Crippen molar-refractivity contribution in [3.63, 3.8) is 0 Å². The lowest BCUT2D eigenvalue weighted by Gasteiger charge is -2.23. The summed E-state index contributed by atoms with van der Waals surface area (Å²) in [7, 11) is 0. The summed E-state index contributed by atoms with van der Waals surface area (Å²) in [5.41, 5.74) is 11.9. The predicted octanol–water partition coefficient (Wildman–Crippen LogP) is 3.80. The Morgan fingerprint density at radius 3 is 2.06 bits per heavy atom. The van der Waals surface area contributed by atoms with Gasteiger partial charge in [-0.3, -0.25) is 0 Å². The Kier molecular flexibility index (Phi) is 3.34. The van der Waals surface area contributed by atoms with Gasteiger partial charge in [0.2, 0.25) is 0 Å². The highest BCUT2D eigenvalue weighted by atomic mass is 14.7. The van der Waals surface area contributed by atoms with E-state index < -0.39 is 0 Å². The minimum absolute atomic E-state index is 0.253. The molecule has 0 aliphatic heterocycles. The zero-order chi connectivity index (χ0) is 11.7. The number of hydrogen-bond acceptors (Lipinski definition) is 1. The molecular formula is C15H23N. The molecule has 16 heavy (non-hydrogen) atoms. The topological polar surface area (TPSA) is 26.0 Å². The zero-order valence-corrected chi connectivity index (χ0v) is 10.7. The molecule has 1 aromatic carbocycles. The molecule has 0 saturated heterocycles. The summed E-state index contributed by atoms with van der Waals surface area (Å²) in [5, 5.41) is 0. The van der Waals surface area contributed by atoms with E-state index in [1.54, 1.807) is 0 Å². The van der Waals surface area contributed by atoms with Crippen molar-refractivity contribution in [2.75, 3.05) is 0 Å². The first kappa shape index (κ1) is 11.7. The lowest BCUT2D eigenvalue weighted by molar-refractivity contribution is 0.442. The molecule has 0 heterocycles. The molecule has 1 aliphatic carbocycles. The largest absolute Gasteiger partial charge is 0.324 e. The third-order valence-corrected chi connectivity index (χ3v) is 3.98. The smallest absolute Gasteiger partial charge is 0.0328 e. The van der Waals surface area contributed by atoms with Crippen molar-refractivity contribution in [3.05, 3.63) is 34.4 Å². The third-order valence-electron chi connectivity index (χ3n) is 3.98. The summed E-state index contributed by atoms with van der Waals surface area (Å²) in [6.45, 7) is 6.55. The van der Waals surface area contributed by atoms with Crippen molar-refractivity contribution in [3.8, 4) is 0 Å². The van der Waals surface area contributed by atoms with Crippen LogP contribution in [0.2, 0.25) is 0 Å². The van der Waals surface area contributed by atoms with Crippen LogP contribution in [0.4, 0.5) is 0 Å². The van der Waals surface area contributed by atoms with Crippen LogP contribution in [0.1, 0.15) is 54.0 Å². The molecule has 1 aliphatic rings. The summed E-state index contributed by atoms with van der Waals surface area (Å²) in [6, 6.07) is 4.77. The number of nitrogens with two attached hydrogens (primary N) is 1. The maximum atomic E-state index is 6.45. The number of rotatable bonds is 2. The van der Waals surface area contributed by atoms with Gasteiger partial charge in [-0.2, -0.15) is 0 Å². The van der Waals surface area contributed by atoms with E-state index in [1.807, 2.05) is 0 Å². The van der Waals surface area contributed by atoms with E-state index in [2.05, 4.69) is 32.9 Å². The predicted molar refractivity (Wildman–Crippen MR) is 69.5 cm³/mol. The summed E-state index contributed by atoms with van der Waals surface area (Å²) < 4.78 is 0. The van der Waals surface area contributed by atoms with Crippen LogP contribution in [0.5, 0.6) is 0 Å². The molecule has 0 aromatic heterocycles. The van der Waals surface area contributed by atoms with E-state index in [9.17, 15) is 0 Å². The molecule has 1 aromatic rings. The van der Waals surface area contributed by atoms with Gasteiger partial charge < -0.3 is 5.73 Å². The fraction of sp³-hybridized carbons (Fsp3) is 0.600. The van der Waals surface area contributed by atoms with Crippen LogP contribution in [-0.2, 0) is 0 Å². The first-order valence-corrected chi connectivity index (χ1v) is 6.43. The molecule has 2 N–H and O–H groups in total. The molecule has 0 amide bonds. The van der Waals surface area contributed by atoms with Crippen LogP contribution in [-0.4, -0.2) is 0 Å². The molecular weight excluding hydrogens is 194 g/mol. The molecule has 0 spiro atoms. The van der Waals surface area contributed by atoms with E-state index in [4.69, 9.17) is 5.73 Å². The normalized spacial score (nSPS) is 19.0. The second kappa shape index (κ2) is 4.58. The van der Waals surface area contributed by atoms with Gasteiger partial charge in [0.05, 0.1) is 0 Å². The average molecular weight is 217 g/mol. The van der Waals surface area contributed by atoms with Crippen LogP contribution in [0.3, 0.4) is 0 Å². The monoisotopic (exact) mass is 217 g/mol. The average Bonchev–Trinajstić information content (AvgIpc) is 2.67. The Morgan fingerprint density at radius 1 is 1.06 bits per heavy atom. The molecule has 1 atom stereocenters. The molecule has 1 heteroatoms. The maximum absolute atomic E-state index is 6.45. The van der Waals surface area contributed by atoms with Gasteiger partial charge >= 0.3 is 0 Å². The van der Waals surface area contributed by atoms with Crippen molar-refractivity contribution in [1.29, 1.82) is 0 Å². The van der Waals surface area contributed by atoms with Crippen molar-refractivity contribution in [2.24, 2.45) is 11.7 Å². The Balaban J connectivity index is 2.31. The lowest BCUT2D eigenvalue weighted by atomic mass is 9.86. The zero-order valence-electron chi connectivity index (χ0n) is 10.7. The number of hydrogen-bond donors (Lipinski definition) is 1. The maximum Gasteiger partial charge on any atom is 0.0328 e. The SMILES string of the molecule is Cc1cc(C)c([C@@H](N)C2CCCC2)c(C)c1. The van der Waals surface area contributed by atoms with Crippen LogP contribution >= 0.6 is 0 Å². The van der Waals surface area contributed by atoms with E-state index in [0.29, 0.717) is 5.92 Å². The Bertz CT molecular complexity index is 352. The molecule has 88 valence electrons. The first-order valence-electron chi connectivity index (χ1n) is 6.43. The van der Waals surface area contributed by atoms with E-state index in [1.165, 1.54) is 47.9 Å². The fourth-order valence-corrected chi connectivity index (χ4v) is 3.27. The van der Waals surface area contributed by atoms with Crippen LogP contribution in [0.25, 0.3) is 0 Å². The van der Waals surface area contributed by atoms with Gasteiger partial charge in [-0.05, 0) is 56.2 Å². The van der Waals surface area contributed by atoms with E-state index >= 15 is 0 Å². The number of benzene rings is 1. The highest BCUT2D eigenvalue weighted by Crippen LogP contribution is 2.36. The highest BCUT2D eigenvalue weighted by molar-refractivity contribution is 5.39. The molecule has 0 radical (unpaired) electrons. The molecule has 2 rings (SSSR count). The standard InChI is InChI=1S/C15H23N/c1-10-8-11(2)14(12(3)9-10)15(16)13-6-4-5-7-13/h8-9,13,15H,4-7,16H2,1-3H3/t15-/m0/s1. The van der Waals surface area contributed by atoms with Crippen molar-refractivity contribution < 1.29 is 0 Å². The molecule has 0 unspecified atom stereocenters. The molecule has 0 bridgehead atoms. The summed E-state index contributed by atoms with van der Waals surface area (Å²) in [4.78, 5) is 0. The van der Waals surface area contributed by atoms with Crippen LogP contribution in [0, 0.1) is 26.7 Å². The second-order valence-corrected chi connectivity index (χ2v) is 5.38. The second-order valence-electron chi connectivity index (χ2n) is 5.38. The van der Waals surface area contributed by atoms with Crippen molar-refractivity contribution >= 4 is 0 Å². The Labute approximate surface area is 99.0 Å². The lowest BCUT2D eigenvalue weighted by Crippen LogP contribution is -2.21. The summed E-state index contributed by atoms with van der Waals surface area (Å²) in [5.74, 6) is 0.708. The van der Waals surface area contributed by atoms with Gasteiger partial charge in [0, 0.05) is 6.04 Å². The Morgan fingerprint density at radius 2 is 1.56 bits per heavy atom. The third kappa shape index (κ3) is 2.15. The molecule has 1 fully saturated rings. The Hall–Kier alpha value is -0.820. The van der Waals surface area contributed by atoms with Gasteiger partial charge in [0.15, 0.2) is 0 Å². The van der Waals surface area contributed by atoms with E-state index in [0.717, 1.165) is 0 Å². The first-order chi connectivity index (χ1) is 7.59. The van der Waals surface area contributed by atoms with Gasteiger partial charge in [0.25, 0.3) is 0 Å². The van der Waals surface area contributed by atoms with Gasteiger partial charge in [-0.25, -0.2) is 0 Å².